The van der Waals surface area contributed by atoms with Crippen LogP contribution in [0.5, 0.6) is 0 Å². The number of nitrogens with zero attached hydrogens (tertiary/aromatic N) is 3. The van der Waals surface area contributed by atoms with Crippen LogP contribution in [0.2, 0.25) is 0 Å². The largest absolute Gasteiger partial charge is 0.378 e. The molecule has 0 aliphatic carbocycles. The van der Waals surface area contributed by atoms with Crippen LogP contribution in [-0.2, 0) is 0 Å². The van der Waals surface area contributed by atoms with Gasteiger partial charge in [0.2, 0.25) is 0 Å². The third-order valence-electron chi connectivity index (χ3n) is 3.11. The van der Waals surface area contributed by atoms with Gasteiger partial charge >= 0.3 is 0 Å². The van der Waals surface area contributed by atoms with Gasteiger partial charge in [0.15, 0.2) is 0 Å². The van der Waals surface area contributed by atoms with Crippen LogP contribution in [0.4, 0.5) is 5.69 Å². The van der Waals surface area contributed by atoms with Crippen LogP contribution >= 0.6 is 0 Å². The van der Waals surface area contributed by atoms with Gasteiger partial charge < -0.3 is 15.2 Å². The lowest BCUT2D eigenvalue weighted by atomic mass is 10.1. The minimum atomic E-state index is 0.0236. The molecule has 0 saturated carbocycles. The standard InChI is InChI=1S/C14H20N4/c1-4-13(15)14-9-16-10-18(14)12-7-5-6-11(8-12)17(2)3/h5-10,13H,4,15H2,1-3H3/t13-/m1/s1. The van der Waals surface area contributed by atoms with Crippen LogP contribution < -0.4 is 10.6 Å². The molecule has 0 aliphatic heterocycles. The highest BCUT2D eigenvalue weighted by atomic mass is 15.1. The second-order valence-corrected chi connectivity index (χ2v) is 4.62. The maximum Gasteiger partial charge on any atom is 0.0994 e. The average Bonchev–Trinajstić information content (AvgIpc) is 2.87. The first-order valence-electron chi connectivity index (χ1n) is 6.19. The van der Waals surface area contributed by atoms with Gasteiger partial charge in [-0.25, -0.2) is 4.98 Å². The third-order valence-corrected chi connectivity index (χ3v) is 3.11. The molecular formula is C14H20N4. The minimum absolute atomic E-state index is 0.0236. The van der Waals surface area contributed by atoms with Gasteiger partial charge in [0, 0.05) is 31.5 Å². The second kappa shape index (κ2) is 5.23. The lowest BCUT2D eigenvalue weighted by molar-refractivity contribution is 0.660. The first kappa shape index (κ1) is 12.6. The normalized spacial score (nSPS) is 12.4. The Labute approximate surface area is 108 Å². The molecule has 0 aliphatic rings. The van der Waals surface area contributed by atoms with Crippen molar-refractivity contribution >= 4 is 5.69 Å². The molecule has 0 unspecified atom stereocenters. The molecule has 4 heteroatoms. The van der Waals surface area contributed by atoms with E-state index in [0.29, 0.717) is 0 Å². The van der Waals surface area contributed by atoms with Gasteiger partial charge in [-0.05, 0) is 24.6 Å². The highest BCUT2D eigenvalue weighted by molar-refractivity contribution is 5.52. The molecule has 2 N–H and O–H groups in total. The minimum Gasteiger partial charge on any atom is -0.378 e. The van der Waals surface area contributed by atoms with E-state index in [1.54, 1.807) is 0 Å². The molecule has 4 nitrogen and oxygen atoms in total. The number of rotatable bonds is 4. The molecule has 2 aromatic rings. The van der Waals surface area contributed by atoms with Gasteiger partial charge in [0.25, 0.3) is 0 Å². The van der Waals surface area contributed by atoms with Crippen molar-refractivity contribution in [1.29, 1.82) is 0 Å². The number of hydrogen-bond donors (Lipinski definition) is 1. The van der Waals surface area contributed by atoms with Crippen LogP contribution in [0.25, 0.3) is 5.69 Å². The molecule has 1 aromatic heterocycles. The topological polar surface area (TPSA) is 47.1 Å². The van der Waals surface area contributed by atoms with Gasteiger partial charge in [0.1, 0.15) is 0 Å². The van der Waals surface area contributed by atoms with Crippen molar-refractivity contribution < 1.29 is 0 Å². The van der Waals surface area contributed by atoms with E-state index in [9.17, 15) is 0 Å². The fraction of sp³-hybridized carbons (Fsp3) is 0.357. The second-order valence-electron chi connectivity index (χ2n) is 4.62. The maximum absolute atomic E-state index is 6.10. The van der Waals surface area contributed by atoms with E-state index in [1.807, 2.05) is 32.7 Å². The van der Waals surface area contributed by atoms with Crippen molar-refractivity contribution in [3.8, 4) is 5.69 Å². The van der Waals surface area contributed by atoms with Crippen LogP contribution in [0.15, 0.2) is 36.8 Å². The van der Waals surface area contributed by atoms with E-state index in [1.165, 1.54) is 0 Å². The monoisotopic (exact) mass is 244 g/mol. The summed E-state index contributed by atoms with van der Waals surface area (Å²) in [5.41, 5.74) is 9.41. The number of imidazole rings is 1. The van der Waals surface area contributed by atoms with E-state index in [2.05, 4.69) is 39.6 Å². The van der Waals surface area contributed by atoms with E-state index in [-0.39, 0.29) is 6.04 Å². The van der Waals surface area contributed by atoms with Crippen molar-refractivity contribution in [3.05, 3.63) is 42.5 Å². The fourth-order valence-corrected chi connectivity index (χ4v) is 1.93. The Balaban J connectivity index is 2.43. The predicted molar refractivity (Wildman–Crippen MR) is 75.1 cm³/mol. The number of anilines is 1. The van der Waals surface area contributed by atoms with E-state index >= 15 is 0 Å². The van der Waals surface area contributed by atoms with Crippen LogP contribution in [0.3, 0.4) is 0 Å². The van der Waals surface area contributed by atoms with Gasteiger partial charge in [-0.15, -0.1) is 0 Å². The van der Waals surface area contributed by atoms with E-state index in [0.717, 1.165) is 23.5 Å². The Morgan fingerprint density at radius 2 is 2.17 bits per heavy atom. The van der Waals surface area contributed by atoms with Gasteiger partial charge in [0.05, 0.1) is 18.2 Å². The van der Waals surface area contributed by atoms with Crippen molar-refractivity contribution in [3.63, 3.8) is 0 Å². The summed E-state index contributed by atoms with van der Waals surface area (Å²) < 4.78 is 2.06. The quantitative estimate of drug-likeness (QED) is 0.898. The average molecular weight is 244 g/mol. The third kappa shape index (κ3) is 2.38. The molecule has 0 fully saturated rings. The van der Waals surface area contributed by atoms with Crippen LogP contribution in [-0.4, -0.2) is 23.6 Å². The van der Waals surface area contributed by atoms with Crippen molar-refractivity contribution in [2.75, 3.05) is 19.0 Å². The SMILES string of the molecule is CC[C@@H](N)c1cncn1-c1cccc(N(C)C)c1. The summed E-state index contributed by atoms with van der Waals surface area (Å²) in [7, 11) is 4.07. The van der Waals surface area contributed by atoms with Crippen molar-refractivity contribution in [1.82, 2.24) is 9.55 Å². The zero-order valence-electron chi connectivity index (χ0n) is 11.2. The maximum atomic E-state index is 6.10. The van der Waals surface area contributed by atoms with Gasteiger partial charge in [-0.2, -0.15) is 0 Å². The first-order chi connectivity index (χ1) is 8.63. The van der Waals surface area contributed by atoms with Gasteiger partial charge in [-0.1, -0.05) is 13.0 Å². The summed E-state index contributed by atoms with van der Waals surface area (Å²) in [6, 6.07) is 8.36. The Morgan fingerprint density at radius 1 is 1.39 bits per heavy atom. The number of benzene rings is 1. The Hall–Kier alpha value is -1.81. The molecule has 0 saturated heterocycles. The lowest BCUT2D eigenvalue weighted by Crippen LogP contribution is -2.14. The molecule has 0 radical (unpaired) electrons. The zero-order valence-corrected chi connectivity index (χ0v) is 11.2. The van der Waals surface area contributed by atoms with Crippen molar-refractivity contribution in [2.24, 2.45) is 5.73 Å². The molecule has 1 heterocycles. The van der Waals surface area contributed by atoms with E-state index < -0.39 is 0 Å². The number of aromatic nitrogens is 2. The Morgan fingerprint density at radius 3 is 2.83 bits per heavy atom. The fourth-order valence-electron chi connectivity index (χ4n) is 1.93. The predicted octanol–water partition coefficient (Wildman–Crippen LogP) is 2.35. The number of nitrogens with two attached hydrogens (primary N) is 1. The molecule has 2 rings (SSSR count). The van der Waals surface area contributed by atoms with E-state index in [4.69, 9.17) is 5.73 Å². The molecule has 96 valence electrons. The highest BCUT2D eigenvalue weighted by Crippen LogP contribution is 2.21. The Kier molecular flexibility index (Phi) is 3.67. The van der Waals surface area contributed by atoms with Crippen LogP contribution in [0, 0.1) is 0 Å². The molecule has 0 spiro atoms. The summed E-state index contributed by atoms with van der Waals surface area (Å²) in [6.07, 6.45) is 4.56. The molecule has 18 heavy (non-hydrogen) atoms. The summed E-state index contributed by atoms with van der Waals surface area (Å²) in [5, 5.41) is 0. The summed E-state index contributed by atoms with van der Waals surface area (Å²) in [4.78, 5) is 6.29. The summed E-state index contributed by atoms with van der Waals surface area (Å²) >= 11 is 0. The molecular weight excluding hydrogens is 224 g/mol. The zero-order chi connectivity index (χ0) is 13.1. The molecule has 0 bridgehead atoms. The smallest absolute Gasteiger partial charge is 0.0994 e. The van der Waals surface area contributed by atoms with Crippen molar-refractivity contribution in [2.45, 2.75) is 19.4 Å². The Bertz CT molecular complexity index is 516. The first-order valence-corrected chi connectivity index (χ1v) is 6.19. The summed E-state index contributed by atoms with van der Waals surface area (Å²) in [5.74, 6) is 0. The summed E-state index contributed by atoms with van der Waals surface area (Å²) in [6.45, 7) is 2.08. The molecule has 1 aromatic carbocycles. The molecule has 1 atom stereocenters. The highest BCUT2D eigenvalue weighted by Gasteiger charge is 2.11. The van der Waals surface area contributed by atoms with Gasteiger partial charge in [-0.3, -0.25) is 0 Å². The number of hydrogen-bond acceptors (Lipinski definition) is 3. The molecule has 0 amide bonds. The lowest BCUT2D eigenvalue weighted by Gasteiger charge is -2.16. The van der Waals surface area contributed by atoms with Crippen LogP contribution in [0.1, 0.15) is 25.1 Å².